The molecule has 8 heteroatoms. The first-order valence-electron chi connectivity index (χ1n) is 8.19. The minimum atomic E-state index is -3.21. The highest BCUT2D eigenvalue weighted by Crippen LogP contribution is 2.24. The van der Waals surface area contributed by atoms with Crippen LogP contribution in [0.25, 0.3) is 0 Å². The third-order valence-corrected chi connectivity index (χ3v) is 6.67. The Hall–Kier alpha value is -1.76. The summed E-state index contributed by atoms with van der Waals surface area (Å²) in [5, 5.41) is 3.98. The Morgan fingerprint density at radius 1 is 1.12 bits per heavy atom. The van der Waals surface area contributed by atoms with Crippen LogP contribution in [0.3, 0.4) is 0 Å². The van der Waals surface area contributed by atoms with Gasteiger partial charge in [-0.05, 0) is 54.8 Å². The highest BCUT2D eigenvalue weighted by Gasteiger charge is 2.28. The summed E-state index contributed by atoms with van der Waals surface area (Å²) in [5.74, 6) is -0.0476. The highest BCUT2D eigenvalue weighted by atomic mass is 35.5. The van der Waals surface area contributed by atoms with Gasteiger partial charge in [-0.2, -0.15) is 0 Å². The van der Waals surface area contributed by atoms with Gasteiger partial charge in [-0.15, -0.1) is 0 Å². The Labute approximate surface area is 163 Å². The van der Waals surface area contributed by atoms with Crippen molar-refractivity contribution in [3.63, 3.8) is 0 Å². The molecule has 1 aliphatic heterocycles. The Morgan fingerprint density at radius 3 is 2.46 bits per heavy atom. The van der Waals surface area contributed by atoms with Crippen molar-refractivity contribution in [3.05, 3.63) is 63.6 Å². The summed E-state index contributed by atoms with van der Waals surface area (Å²) in [5.41, 5.74) is 1.98. The summed E-state index contributed by atoms with van der Waals surface area (Å²) in [6.45, 7) is 0.915. The number of amides is 1. The topological polar surface area (TPSA) is 66.5 Å². The lowest BCUT2D eigenvalue weighted by Gasteiger charge is -2.17. The van der Waals surface area contributed by atoms with Crippen LogP contribution in [0.5, 0.6) is 0 Å². The molecule has 3 rings (SSSR count). The van der Waals surface area contributed by atoms with E-state index in [0.717, 1.165) is 5.56 Å². The molecule has 0 atom stereocenters. The summed E-state index contributed by atoms with van der Waals surface area (Å²) < 4.78 is 25.3. The fourth-order valence-electron chi connectivity index (χ4n) is 2.85. The van der Waals surface area contributed by atoms with E-state index < -0.39 is 10.0 Å². The van der Waals surface area contributed by atoms with E-state index in [4.69, 9.17) is 23.2 Å². The van der Waals surface area contributed by atoms with Crippen LogP contribution in [0, 0.1) is 0 Å². The maximum atomic E-state index is 12.2. The van der Waals surface area contributed by atoms with Gasteiger partial charge < -0.3 is 5.32 Å². The lowest BCUT2D eigenvalue weighted by atomic mass is 10.1. The van der Waals surface area contributed by atoms with Gasteiger partial charge in [-0.1, -0.05) is 29.3 Å². The lowest BCUT2D eigenvalue weighted by molar-refractivity contribution is 0.0954. The van der Waals surface area contributed by atoms with E-state index in [1.807, 2.05) is 6.07 Å². The van der Waals surface area contributed by atoms with Crippen LogP contribution in [-0.2, 0) is 16.4 Å². The fraction of sp³-hybridized carbons (Fsp3) is 0.278. The predicted molar refractivity (Wildman–Crippen MR) is 105 cm³/mol. The van der Waals surface area contributed by atoms with Gasteiger partial charge in [-0.25, -0.2) is 8.42 Å². The van der Waals surface area contributed by atoms with Crippen molar-refractivity contribution < 1.29 is 13.2 Å². The molecule has 1 aliphatic rings. The highest BCUT2D eigenvalue weighted by molar-refractivity contribution is 7.93. The van der Waals surface area contributed by atoms with Crippen LogP contribution < -0.4 is 9.62 Å². The van der Waals surface area contributed by atoms with E-state index in [9.17, 15) is 13.2 Å². The summed E-state index contributed by atoms with van der Waals surface area (Å²) in [4.78, 5) is 12.2. The molecule has 26 heavy (non-hydrogen) atoms. The predicted octanol–water partition coefficient (Wildman–Crippen LogP) is 3.51. The van der Waals surface area contributed by atoms with Gasteiger partial charge >= 0.3 is 0 Å². The number of carbonyl (C=O) groups is 1. The van der Waals surface area contributed by atoms with Gasteiger partial charge in [0.1, 0.15) is 0 Å². The first-order chi connectivity index (χ1) is 12.4. The van der Waals surface area contributed by atoms with E-state index in [2.05, 4.69) is 5.32 Å². The number of hydrogen-bond donors (Lipinski definition) is 1. The molecule has 0 radical (unpaired) electrons. The number of nitrogens with zero attached hydrogens (tertiary/aromatic N) is 1. The van der Waals surface area contributed by atoms with Gasteiger partial charge in [0.25, 0.3) is 5.91 Å². The van der Waals surface area contributed by atoms with Crippen molar-refractivity contribution in [3.8, 4) is 0 Å². The number of rotatable bonds is 5. The molecule has 1 N–H and O–H groups in total. The number of carbonyl (C=O) groups excluding carboxylic acids is 1. The average Bonchev–Trinajstić information content (AvgIpc) is 2.96. The largest absolute Gasteiger partial charge is 0.352 e. The third-order valence-electron chi connectivity index (χ3n) is 4.21. The fourth-order valence-corrected chi connectivity index (χ4v) is 4.91. The molecule has 0 spiro atoms. The molecule has 0 unspecified atom stereocenters. The molecular formula is C18H18Cl2N2O3S. The monoisotopic (exact) mass is 412 g/mol. The van der Waals surface area contributed by atoms with Crippen molar-refractivity contribution in [1.29, 1.82) is 0 Å². The quantitative estimate of drug-likeness (QED) is 0.816. The van der Waals surface area contributed by atoms with Gasteiger partial charge in [0.2, 0.25) is 10.0 Å². The van der Waals surface area contributed by atoms with Crippen LogP contribution in [0.4, 0.5) is 5.69 Å². The maximum absolute atomic E-state index is 12.2. The number of nitrogens with one attached hydrogen (secondary N) is 1. The van der Waals surface area contributed by atoms with Gasteiger partial charge in [0.05, 0.1) is 11.4 Å². The van der Waals surface area contributed by atoms with E-state index in [-0.39, 0.29) is 11.7 Å². The molecule has 1 saturated heterocycles. The number of anilines is 1. The van der Waals surface area contributed by atoms with Crippen molar-refractivity contribution in [2.75, 3.05) is 23.1 Å². The first-order valence-corrected chi connectivity index (χ1v) is 10.6. The summed E-state index contributed by atoms with van der Waals surface area (Å²) in [6, 6.07) is 11.9. The van der Waals surface area contributed by atoms with Crippen LogP contribution in [0.2, 0.25) is 10.0 Å². The van der Waals surface area contributed by atoms with Crippen molar-refractivity contribution >= 4 is 44.8 Å². The Kier molecular flexibility index (Phi) is 5.75. The van der Waals surface area contributed by atoms with Crippen LogP contribution in [-0.4, -0.2) is 33.2 Å². The normalized spacial score (nSPS) is 15.8. The number of hydrogen-bond acceptors (Lipinski definition) is 3. The zero-order valence-electron chi connectivity index (χ0n) is 13.9. The molecule has 0 aromatic heterocycles. The third kappa shape index (κ3) is 4.31. The maximum Gasteiger partial charge on any atom is 0.251 e. The first kappa shape index (κ1) is 19.0. The zero-order chi connectivity index (χ0) is 18.7. The van der Waals surface area contributed by atoms with E-state index in [1.165, 1.54) is 4.31 Å². The van der Waals surface area contributed by atoms with Crippen molar-refractivity contribution in [2.45, 2.75) is 12.8 Å². The van der Waals surface area contributed by atoms with Crippen molar-refractivity contribution in [1.82, 2.24) is 5.32 Å². The number of halogens is 2. The summed E-state index contributed by atoms with van der Waals surface area (Å²) >= 11 is 12.0. The second-order valence-corrected chi connectivity index (χ2v) is 8.89. The average molecular weight is 413 g/mol. The molecule has 0 saturated carbocycles. The Bertz CT molecular complexity index is 915. The molecule has 0 aliphatic carbocycles. The molecule has 0 bridgehead atoms. The van der Waals surface area contributed by atoms with Gasteiger partial charge in [0, 0.05) is 28.7 Å². The Balaban J connectivity index is 1.58. The van der Waals surface area contributed by atoms with Crippen LogP contribution >= 0.6 is 23.2 Å². The standard InChI is InChI=1S/C18H18Cl2N2O3S/c19-15-5-2-13(17(20)12-15)8-9-21-18(23)14-3-6-16(7-4-14)22-10-1-11-26(22,24)25/h2-7,12H,1,8-11H2,(H,21,23). The molecule has 1 fully saturated rings. The van der Waals surface area contributed by atoms with Crippen LogP contribution in [0.15, 0.2) is 42.5 Å². The van der Waals surface area contributed by atoms with Gasteiger partial charge in [-0.3, -0.25) is 9.10 Å². The van der Waals surface area contributed by atoms with E-state index in [1.54, 1.807) is 36.4 Å². The van der Waals surface area contributed by atoms with Crippen LogP contribution in [0.1, 0.15) is 22.3 Å². The number of benzene rings is 2. The summed E-state index contributed by atoms with van der Waals surface area (Å²) in [6.07, 6.45) is 1.21. The lowest BCUT2D eigenvalue weighted by Crippen LogP contribution is -2.27. The smallest absolute Gasteiger partial charge is 0.251 e. The second kappa shape index (κ2) is 7.86. The summed E-state index contributed by atoms with van der Waals surface area (Å²) in [7, 11) is -3.21. The minimum Gasteiger partial charge on any atom is -0.352 e. The molecule has 2 aromatic carbocycles. The molecule has 138 valence electrons. The van der Waals surface area contributed by atoms with E-state index >= 15 is 0 Å². The molecule has 2 aromatic rings. The second-order valence-electron chi connectivity index (χ2n) is 6.03. The van der Waals surface area contributed by atoms with Gasteiger partial charge in [0.15, 0.2) is 0 Å². The Morgan fingerprint density at radius 2 is 1.85 bits per heavy atom. The molecule has 1 amide bonds. The molecule has 1 heterocycles. The SMILES string of the molecule is O=C(NCCc1ccc(Cl)cc1Cl)c1ccc(N2CCCS2(=O)=O)cc1. The minimum absolute atomic E-state index is 0.169. The van der Waals surface area contributed by atoms with Crippen molar-refractivity contribution in [2.24, 2.45) is 0 Å². The zero-order valence-corrected chi connectivity index (χ0v) is 16.2. The molecular weight excluding hydrogens is 395 g/mol. The molecule has 5 nitrogen and oxygen atoms in total. The van der Waals surface area contributed by atoms with E-state index in [0.29, 0.717) is 47.2 Å². The number of sulfonamides is 1.